The zero-order valence-electron chi connectivity index (χ0n) is 29.8. The average Bonchev–Trinajstić information content (AvgIpc) is 3.71. The van der Waals surface area contributed by atoms with Crippen LogP contribution in [0.4, 0.5) is 5.69 Å². The molecular weight excluding hydrogens is 809 g/mol. The maximum atomic E-state index is 12.2. The van der Waals surface area contributed by atoms with Crippen molar-refractivity contribution < 1.29 is 30.0 Å². The molecule has 0 saturated heterocycles. The Morgan fingerprint density at radius 1 is 0.917 bits per heavy atom. The molecule has 0 unspecified atom stereocenters. The summed E-state index contributed by atoms with van der Waals surface area (Å²) in [6.45, 7) is 19.5. The van der Waals surface area contributed by atoms with Gasteiger partial charge in [-0.1, -0.05) is 104 Å². The van der Waals surface area contributed by atoms with Crippen LogP contribution in [-0.2, 0) is 30.3 Å². The fraction of sp³-hybridized carbons (Fsp3) is 0.415. The number of aliphatic hydroxyl groups is 1. The number of thiophene rings is 2. The first-order chi connectivity index (χ1) is 22.3. The molecule has 0 atom stereocenters. The Bertz CT molecular complexity index is 1980. The molecule has 2 aromatic heterocycles. The molecule has 7 heteroatoms. The first-order valence-electron chi connectivity index (χ1n) is 16.9. The molecule has 1 aliphatic rings. The standard InChI is InChI=1S/C26H21N2S2.C15H28O2.Ir/c1-26(2,3)20-13-17(12-16-6-4-5-7-18(16)20)21-25-22(28-14-27-21)19-9-8-15-10-11-29-23(15)24(19)30-25;1-7-14(5,8-2)12(16)11-13(17)15(6,9-3)10-4;/h4-11,13,28H,14H2,1-3H3;11,16H,7-10H2,1-6H3;/q-1;;/b;12-11-;. The van der Waals surface area contributed by atoms with Gasteiger partial charge in [0.25, 0.3) is 0 Å². The van der Waals surface area contributed by atoms with Gasteiger partial charge in [0.2, 0.25) is 0 Å². The fourth-order valence-electron chi connectivity index (χ4n) is 6.06. The Hall–Kier alpha value is -2.83. The molecule has 6 rings (SSSR count). The maximum Gasteiger partial charge on any atom is 0.164 e. The SMILES string of the molecule is CC(C)(C)c1cc(C2=NCNc3c2sc2c3ccc3ccsc32)[c-]c2ccccc12.CCC(C)(CC)C(=O)/C=C(\O)C(C)(CC)CC.[Ir]. The fourth-order valence-corrected chi connectivity index (χ4v) is 8.42. The number of ketones is 1. The van der Waals surface area contributed by atoms with Crippen molar-refractivity contribution in [3.8, 4) is 0 Å². The molecule has 3 heterocycles. The summed E-state index contributed by atoms with van der Waals surface area (Å²) < 4.78 is 2.72. The summed E-state index contributed by atoms with van der Waals surface area (Å²) >= 11 is 3.67. The smallest absolute Gasteiger partial charge is 0.164 e. The van der Waals surface area contributed by atoms with Gasteiger partial charge in [0.1, 0.15) is 5.76 Å². The molecule has 2 N–H and O–H groups in total. The molecular formula is C41H49IrN2O2S2-. The van der Waals surface area contributed by atoms with Crippen molar-refractivity contribution in [2.75, 3.05) is 12.0 Å². The van der Waals surface area contributed by atoms with Crippen molar-refractivity contribution >= 4 is 70.8 Å². The number of fused-ring (bicyclic) bond motifs is 6. The van der Waals surface area contributed by atoms with E-state index in [9.17, 15) is 9.90 Å². The Balaban J connectivity index is 0.000000251. The molecule has 0 amide bonds. The minimum absolute atomic E-state index is 0. The van der Waals surface area contributed by atoms with Crippen molar-refractivity contribution in [1.82, 2.24) is 0 Å². The average molecular weight is 858 g/mol. The van der Waals surface area contributed by atoms with E-state index in [4.69, 9.17) is 4.99 Å². The van der Waals surface area contributed by atoms with Crippen LogP contribution in [0.1, 0.15) is 104 Å². The quantitative estimate of drug-likeness (QED) is 0.0928. The summed E-state index contributed by atoms with van der Waals surface area (Å²) in [4.78, 5) is 18.3. The first kappa shape index (κ1) is 38.0. The van der Waals surface area contributed by atoms with Crippen molar-refractivity contribution in [3.05, 3.63) is 87.8 Å². The molecule has 0 spiro atoms. The normalized spacial score (nSPS) is 13.8. The van der Waals surface area contributed by atoms with Gasteiger partial charge in [-0.2, -0.15) is 0 Å². The summed E-state index contributed by atoms with van der Waals surface area (Å²) in [6, 6.07) is 21.2. The molecule has 257 valence electrons. The molecule has 4 nitrogen and oxygen atoms in total. The Labute approximate surface area is 308 Å². The van der Waals surface area contributed by atoms with Crippen LogP contribution in [0.15, 0.2) is 70.7 Å². The minimum Gasteiger partial charge on any atom is -0.512 e. The van der Waals surface area contributed by atoms with Gasteiger partial charge in [0, 0.05) is 53.0 Å². The van der Waals surface area contributed by atoms with E-state index in [1.165, 1.54) is 47.8 Å². The third kappa shape index (κ3) is 7.21. The molecule has 0 aliphatic carbocycles. The molecule has 1 aliphatic heterocycles. The number of rotatable bonds is 8. The number of carbonyl (C=O) groups is 1. The molecule has 3 aromatic carbocycles. The topological polar surface area (TPSA) is 61.7 Å². The van der Waals surface area contributed by atoms with Gasteiger partial charge >= 0.3 is 0 Å². The van der Waals surface area contributed by atoms with Crippen LogP contribution in [0.2, 0.25) is 0 Å². The van der Waals surface area contributed by atoms with E-state index in [-0.39, 0.29) is 47.9 Å². The third-order valence-corrected chi connectivity index (χ3v) is 12.7. The van der Waals surface area contributed by atoms with Gasteiger partial charge in [-0.05, 0) is 47.9 Å². The van der Waals surface area contributed by atoms with E-state index in [1.807, 2.05) is 64.2 Å². The Kier molecular flexibility index (Phi) is 11.8. The second kappa shape index (κ2) is 15.0. The van der Waals surface area contributed by atoms with Gasteiger partial charge in [0.05, 0.1) is 21.8 Å². The van der Waals surface area contributed by atoms with Crippen LogP contribution >= 0.6 is 22.7 Å². The van der Waals surface area contributed by atoms with Crippen LogP contribution in [0.25, 0.3) is 30.9 Å². The summed E-state index contributed by atoms with van der Waals surface area (Å²) in [7, 11) is 0. The van der Waals surface area contributed by atoms with Crippen molar-refractivity contribution in [2.45, 2.75) is 93.4 Å². The van der Waals surface area contributed by atoms with E-state index in [0.29, 0.717) is 6.67 Å². The summed E-state index contributed by atoms with van der Waals surface area (Å²) in [5, 5.41) is 20.9. The third-order valence-electron chi connectivity index (χ3n) is 10.4. The van der Waals surface area contributed by atoms with Crippen LogP contribution in [-0.4, -0.2) is 23.3 Å². The van der Waals surface area contributed by atoms with E-state index in [2.05, 4.69) is 86.1 Å². The molecule has 0 saturated carbocycles. The van der Waals surface area contributed by atoms with Crippen LogP contribution in [0.3, 0.4) is 0 Å². The predicted octanol–water partition coefficient (Wildman–Crippen LogP) is 12.2. The molecule has 0 bridgehead atoms. The largest absolute Gasteiger partial charge is 0.512 e. The predicted molar refractivity (Wildman–Crippen MR) is 206 cm³/mol. The second-order valence-corrected chi connectivity index (χ2v) is 16.2. The molecule has 1 radical (unpaired) electrons. The second-order valence-electron chi connectivity index (χ2n) is 14.3. The van der Waals surface area contributed by atoms with Gasteiger partial charge in [-0.25, -0.2) is 0 Å². The monoisotopic (exact) mass is 858 g/mol. The number of carbonyl (C=O) groups excluding carboxylic acids is 1. The molecule has 48 heavy (non-hydrogen) atoms. The Morgan fingerprint density at radius 2 is 1.58 bits per heavy atom. The number of benzene rings is 3. The zero-order chi connectivity index (χ0) is 34.1. The summed E-state index contributed by atoms with van der Waals surface area (Å²) in [5.74, 6) is 0.286. The van der Waals surface area contributed by atoms with Crippen LogP contribution < -0.4 is 5.32 Å². The number of nitrogens with one attached hydrogen (secondary N) is 1. The number of aliphatic hydroxyl groups excluding tert-OH is 1. The van der Waals surface area contributed by atoms with E-state index >= 15 is 0 Å². The molecule has 5 aromatic rings. The number of hydrogen-bond donors (Lipinski definition) is 2. The number of anilines is 1. The van der Waals surface area contributed by atoms with Crippen molar-refractivity contribution in [1.29, 1.82) is 0 Å². The first-order valence-corrected chi connectivity index (χ1v) is 18.6. The van der Waals surface area contributed by atoms with Crippen LogP contribution in [0.5, 0.6) is 0 Å². The van der Waals surface area contributed by atoms with Crippen molar-refractivity contribution in [3.63, 3.8) is 0 Å². The van der Waals surface area contributed by atoms with Gasteiger partial charge in [-0.15, -0.1) is 51.8 Å². The zero-order valence-corrected chi connectivity index (χ0v) is 33.8. The van der Waals surface area contributed by atoms with E-state index < -0.39 is 0 Å². The minimum atomic E-state index is -0.337. The summed E-state index contributed by atoms with van der Waals surface area (Å²) in [5.41, 5.74) is 4.16. The Morgan fingerprint density at radius 3 is 2.23 bits per heavy atom. The van der Waals surface area contributed by atoms with Gasteiger partial charge < -0.3 is 15.4 Å². The van der Waals surface area contributed by atoms with Crippen LogP contribution in [0, 0.1) is 16.9 Å². The van der Waals surface area contributed by atoms with E-state index in [1.54, 1.807) is 0 Å². The number of nitrogens with zero attached hydrogens (tertiary/aromatic N) is 1. The van der Waals surface area contributed by atoms with Gasteiger partial charge in [-0.3, -0.25) is 4.79 Å². The number of aliphatic imine (C=N–C) groups is 1. The summed E-state index contributed by atoms with van der Waals surface area (Å²) in [6.07, 6.45) is 4.75. The van der Waals surface area contributed by atoms with Crippen molar-refractivity contribution in [2.24, 2.45) is 15.8 Å². The van der Waals surface area contributed by atoms with E-state index in [0.717, 1.165) is 42.3 Å². The number of hydrogen-bond acceptors (Lipinski definition) is 6. The maximum absolute atomic E-state index is 12.2. The van der Waals surface area contributed by atoms with Gasteiger partial charge in [0.15, 0.2) is 5.78 Å². The molecule has 0 fully saturated rings. The number of allylic oxidation sites excluding steroid dienone is 2.